The van der Waals surface area contributed by atoms with Crippen LogP contribution < -0.4 is 9.62 Å². The molecular weight excluding hydrogens is 456 g/mol. The molecule has 0 aliphatic rings. The molecule has 33 heavy (non-hydrogen) atoms. The van der Waals surface area contributed by atoms with Gasteiger partial charge in [-0.05, 0) is 66.8 Å². The summed E-state index contributed by atoms with van der Waals surface area (Å²) >= 11 is 5.95. The van der Waals surface area contributed by atoms with Crippen LogP contribution in [0, 0.1) is 12.8 Å². The van der Waals surface area contributed by atoms with E-state index in [0.717, 1.165) is 21.9 Å². The second kappa shape index (κ2) is 10.9. The summed E-state index contributed by atoms with van der Waals surface area (Å²) in [6, 6.07) is 22.6. The number of carbonyl (C=O) groups is 1. The molecule has 0 fully saturated rings. The topological polar surface area (TPSA) is 66.5 Å². The van der Waals surface area contributed by atoms with E-state index in [1.807, 2.05) is 43.3 Å². The Kier molecular flexibility index (Phi) is 8.16. The van der Waals surface area contributed by atoms with Gasteiger partial charge in [-0.15, -0.1) is 0 Å². The smallest absolute Gasteiger partial charge is 0.264 e. The van der Waals surface area contributed by atoms with Crippen LogP contribution in [-0.2, 0) is 14.8 Å². The monoisotopic (exact) mass is 484 g/mol. The lowest BCUT2D eigenvalue weighted by molar-refractivity contribution is -0.120. The number of anilines is 1. The molecule has 3 aromatic rings. The van der Waals surface area contributed by atoms with Crippen molar-refractivity contribution < 1.29 is 13.2 Å². The molecule has 1 amide bonds. The Balaban J connectivity index is 1.92. The molecule has 7 heteroatoms. The normalized spacial score (nSPS) is 12.4. The van der Waals surface area contributed by atoms with E-state index in [4.69, 9.17) is 11.6 Å². The molecule has 0 unspecified atom stereocenters. The fourth-order valence-electron chi connectivity index (χ4n) is 3.64. The number of nitrogens with zero attached hydrogens (tertiary/aromatic N) is 1. The van der Waals surface area contributed by atoms with Crippen LogP contribution in [0.1, 0.15) is 37.4 Å². The molecular formula is C26H29ClN2O3S. The Hall–Kier alpha value is -2.83. The van der Waals surface area contributed by atoms with Crippen LogP contribution in [0.15, 0.2) is 83.8 Å². The van der Waals surface area contributed by atoms with Crippen molar-refractivity contribution in [3.05, 3.63) is 95.0 Å². The van der Waals surface area contributed by atoms with Crippen molar-refractivity contribution in [3.8, 4) is 0 Å². The van der Waals surface area contributed by atoms with Crippen molar-refractivity contribution in [2.75, 3.05) is 10.8 Å². The van der Waals surface area contributed by atoms with Crippen LogP contribution >= 0.6 is 11.6 Å². The second-order valence-corrected chi connectivity index (χ2v) is 10.8. The number of aryl methyl sites for hydroxylation is 1. The molecule has 174 valence electrons. The van der Waals surface area contributed by atoms with Crippen LogP contribution in [0.5, 0.6) is 0 Å². The number of amides is 1. The minimum Gasteiger partial charge on any atom is -0.348 e. The summed E-state index contributed by atoms with van der Waals surface area (Å²) in [6.45, 7) is 5.72. The Morgan fingerprint density at radius 1 is 0.970 bits per heavy atom. The predicted octanol–water partition coefficient (Wildman–Crippen LogP) is 5.75. The van der Waals surface area contributed by atoms with Crippen LogP contribution in [0.3, 0.4) is 0 Å². The van der Waals surface area contributed by atoms with Crippen LogP contribution in [0.4, 0.5) is 5.69 Å². The Morgan fingerprint density at radius 2 is 1.64 bits per heavy atom. The van der Waals surface area contributed by atoms with E-state index in [9.17, 15) is 13.2 Å². The van der Waals surface area contributed by atoms with Crippen LogP contribution in [0.2, 0.25) is 5.02 Å². The van der Waals surface area contributed by atoms with Gasteiger partial charge in [-0.2, -0.15) is 0 Å². The van der Waals surface area contributed by atoms with Crippen molar-refractivity contribution in [3.63, 3.8) is 0 Å². The SMILES string of the molecule is Cc1cccc(N(CC(=O)N[C@@H](CC(C)C)c2ccccc2)S(=O)(=O)c2ccc(Cl)cc2)c1. The van der Waals surface area contributed by atoms with Gasteiger partial charge in [0, 0.05) is 5.02 Å². The van der Waals surface area contributed by atoms with Crippen molar-refractivity contribution in [1.82, 2.24) is 5.32 Å². The Morgan fingerprint density at radius 3 is 2.24 bits per heavy atom. The fraction of sp³-hybridized carbons (Fsp3) is 0.269. The average Bonchev–Trinajstić information content (AvgIpc) is 2.77. The standard InChI is InChI=1S/C26H29ClN2O3S/c1-19(2)16-25(21-9-5-4-6-10-21)28-26(30)18-29(23-11-7-8-20(3)17-23)33(31,32)24-14-12-22(27)13-15-24/h4-15,17,19,25H,16,18H2,1-3H3,(H,28,30)/t25-/m0/s1. The molecule has 0 heterocycles. The van der Waals surface area contributed by atoms with Gasteiger partial charge in [-0.3, -0.25) is 9.10 Å². The molecule has 0 aliphatic heterocycles. The van der Waals surface area contributed by atoms with Crippen LogP contribution in [-0.4, -0.2) is 20.9 Å². The van der Waals surface area contributed by atoms with E-state index in [1.165, 1.54) is 24.3 Å². The fourth-order valence-corrected chi connectivity index (χ4v) is 5.18. The maximum absolute atomic E-state index is 13.5. The average molecular weight is 485 g/mol. The highest BCUT2D eigenvalue weighted by Crippen LogP contribution is 2.26. The molecule has 0 radical (unpaired) electrons. The largest absolute Gasteiger partial charge is 0.348 e. The first-order chi connectivity index (χ1) is 15.7. The number of benzene rings is 3. The predicted molar refractivity (Wildman–Crippen MR) is 134 cm³/mol. The zero-order chi connectivity index (χ0) is 24.0. The second-order valence-electron chi connectivity index (χ2n) is 8.46. The number of halogens is 1. The highest BCUT2D eigenvalue weighted by molar-refractivity contribution is 7.92. The molecule has 1 N–H and O–H groups in total. The van der Waals surface area contributed by atoms with E-state index in [-0.39, 0.29) is 23.4 Å². The summed E-state index contributed by atoms with van der Waals surface area (Å²) in [7, 11) is -3.99. The van der Waals surface area contributed by atoms with Crippen molar-refractivity contribution in [1.29, 1.82) is 0 Å². The number of hydrogen-bond acceptors (Lipinski definition) is 3. The molecule has 0 bridgehead atoms. The molecule has 5 nitrogen and oxygen atoms in total. The van der Waals surface area contributed by atoms with E-state index in [0.29, 0.717) is 16.6 Å². The molecule has 0 saturated heterocycles. The van der Waals surface area contributed by atoms with Gasteiger partial charge >= 0.3 is 0 Å². The highest BCUT2D eigenvalue weighted by Gasteiger charge is 2.28. The third-order valence-corrected chi connectivity index (χ3v) is 7.26. The van der Waals surface area contributed by atoms with Gasteiger partial charge in [-0.25, -0.2) is 8.42 Å². The highest BCUT2D eigenvalue weighted by atomic mass is 35.5. The first-order valence-electron chi connectivity index (χ1n) is 10.9. The first-order valence-corrected chi connectivity index (χ1v) is 12.7. The zero-order valence-corrected chi connectivity index (χ0v) is 20.6. The summed E-state index contributed by atoms with van der Waals surface area (Å²) in [4.78, 5) is 13.2. The first kappa shape index (κ1) is 24.8. The maximum Gasteiger partial charge on any atom is 0.264 e. The number of sulfonamides is 1. The summed E-state index contributed by atoms with van der Waals surface area (Å²) in [5, 5.41) is 3.48. The maximum atomic E-state index is 13.5. The van der Waals surface area contributed by atoms with Gasteiger partial charge in [-0.1, -0.05) is 67.9 Å². The molecule has 0 saturated carbocycles. The van der Waals surface area contributed by atoms with Gasteiger partial charge in [0.05, 0.1) is 16.6 Å². The lowest BCUT2D eigenvalue weighted by Gasteiger charge is -2.27. The van der Waals surface area contributed by atoms with Crippen molar-refractivity contribution in [2.45, 2.75) is 38.1 Å². The van der Waals surface area contributed by atoms with E-state index >= 15 is 0 Å². The minimum absolute atomic E-state index is 0.0722. The van der Waals surface area contributed by atoms with Gasteiger partial charge < -0.3 is 5.32 Å². The van der Waals surface area contributed by atoms with Crippen LogP contribution in [0.25, 0.3) is 0 Å². The Labute approximate surface area is 201 Å². The minimum atomic E-state index is -3.99. The van der Waals surface area contributed by atoms with Gasteiger partial charge in [0.2, 0.25) is 5.91 Å². The lowest BCUT2D eigenvalue weighted by atomic mass is 9.97. The molecule has 0 aromatic heterocycles. The van der Waals surface area contributed by atoms with Crippen molar-refractivity contribution >= 4 is 33.2 Å². The summed E-state index contributed by atoms with van der Waals surface area (Å²) in [5.74, 6) is -0.0234. The molecule has 1 atom stereocenters. The zero-order valence-electron chi connectivity index (χ0n) is 19.0. The number of rotatable bonds is 9. The summed E-state index contributed by atoms with van der Waals surface area (Å²) < 4.78 is 28.2. The number of carbonyl (C=O) groups excluding carboxylic acids is 1. The molecule has 3 aromatic carbocycles. The van der Waals surface area contributed by atoms with Gasteiger partial charge in [0.1, 0.15) is 6.54 Å². The quantitative estimate of drug-likeness (QED) is 0.420. The number of nitrogens with one attached hydrogen (secondary N) is 1. The van der Waals surface area contributed by atoms with E-state index in [1.54, 1.807) is 18.2 Å². The van der Waals surface area contributed by atoms with Gasteiger partial charge in [0.15, 0.2) is 0 Å². The third kappa shape index (κ3) is 6.59. The van der Waals surface area contributed by atoms with E-state index in [2.05, 4.69) is 19.2 Å². The van der Waals surface area contributed by atoms with E-state index < -0.39 is 10.0 Å². The third-order valence-electron chi connectivity index (χ3n) is 5.22. The number of hydrogen-bond donors (Lipinski definition) is 1. The molecule has 0 aliphatic carbocycles. The Bertz CT molecular complexity index is 1180. The van der Waals surface area contributed by atoms with Crippen molar-refractivity contribution in [2.24, 2.45) is 5.92 Å². The van der Waals surface area contributed by atoms with Gasteiger partial charge in [0.25, 0.3) is 10.0 Å². The summed E-state index contributed by atoms with van der Waals surface area (Å²) in [5.41, 5.74) is 2.31. The summed E-state index contributed by atoms with van der Waals surface area (Å²) in [6.07, 6.45) is 0.740. The molecule has 3 rings (SSSR count). The molecule has 0 spiro atoms. The lowest BCUT2D eigenvalue weighted by Crippen LogP contribution is -2.42.